The molecule has 7 aromatic carbocycles. The maximum Gasteiger partial charge on any atom is 0.164 e. The minimum absolute atomic E-state index is 0.0196. The molecular formula is C49H33N3O. The number of fused-ring (bicyclic) bond motifs is 8. The van der Waals surface area contributed by atoms with E-state index in [1.165, 1.54) is 43.8 Å². The Bertz CT molecular complexity index is 3000. The van der Waals surface area contributed by atoms with Crippen molar-refractivity contribution < 1.29 is 4.42 Å². The highest BCUT2D eigenvalue weighted by Crippen LogP contribution is 2.43. The quantitative estimate of drug-likeness (QED) is 0.174. The molecule has 250 valence electrons. The van der Waals surface area contributed by atoms with E-state index in [4.69, 9.17) is 19.4 Å². The van der Waals surface area contributed by atoms with Crippen LogP contribution in [0.15, 0.2) is 150 Å². The monoisotopic (exact) mass is 679 g/mol. The first kappa shape index (κ1) is 30.0. The van der Waals surface area contributed by atoms with Gasteiger partial charge in [-0.05, 0) is 99.0 Å². The average Bonchev–Trinajstić information content (AvgIpc) is 3.62. The third-order valence-electron chi connectivity index (χ3n) is 11.1. The van der Waals surface area contributed by atoms with Crippen molar-refractivity contribution in [2.45, 2.75) is 25.2 Å². The van der Waals surface area contributed by atoms with Gasteiger partial charge >= 0.3 is 0 Å². The van der Waals surface area contributed by atoms with Crippen molar-refractivity contribution in [3.05, 3.63) is 174 Å². The van der Waals surface area contributed by atoms with Crippen molar-refractivity contribution in [1.29, 1.82) is 0 Å². The van der Waals surface area contributed by atoms with Gasteiger partial charge in [-0.3, -0.25) is 0 Å². The van der Waals surface area contributed by atoms with E-state index >= 15 is 0 Å². The minimum atomic E-state index is 0.0196. The second-order valence-electron chi connectivity index (χ2n) is 14.2. The van der Waals surface area contributed by atoms with Crippen LogP contribution in [0.25, 0.3) is 89.5 Å². The van der Waals surface area contributed by atoms with Crippen molar-refractivity contribution >= 4 is 55.6 Å². The van der Waals surface area contributed by atoms with Crippen LogP contribution in [0.4, 0.5) is 0 Å². The highest BCUT2D eigenvalue weighted by atomic mass is 16.3. The molecule has 1 atom stereocenters. The fourth-order valence-corrected chi connectivity index (χ4v) is 8.37. The zero-order valence-corrected chi connectivity index (χ0v) is 29.0. The Morgan fingerprint density at radius 1 is 0.547 bits per heavy atom. The normalized spacial score (nSPS) is 15.0. The molecule has 11 rings (SSSR count). The molecule has 0 saturated heterocycles. The Morgan fingerprint density at radius 2 is 1.32 bits per heavy atom. The summed E-state index contributed by atoms with van der Waals surface area (Å²) in [7, 11) is 0. The molecule has 0 spiro atoms. The molecule has 2 aromatic heterocycles. The average molecular weight is 680 g/mol. The topological polar surface area (TPSA) is 51.8 Å². The predicted octanol–water partition coefficient (Wildman–Crippen LogP) is 12.4. The molecule has 0 saturated carbocycles. The summed E-state index contributed by atoms with van der Waals surface area (Å²) in [4.78, 5) is 15.8. The van der Waals surface area contributed by atoms with E-state index in [9.17, 15) is 0 Å². The number of hydrogen-bond donors (Lipinski definition) is 0. The summed E-state index contributed by atoms with van der Waals surface area (Å²) in [5, 5.41) is 6.97. The van der Waals surface area contributed by atoms with Gasteiger partial charge in [0.25, 0.3) is 0 Å². The molecule has 9 aromatic rings. The fraction of sp³-hybridized carbons (Fsp3) is 0.0816. The molecule has 0 bridgehead atoms. The third-order valence-corrected chi connectivity index (χ3v) is 11.1. The second kappa shape index (κ2) is 12.0. The highest BCUT2D eigenvalue weighted by Gasteiger charge is 2.24. The maximum atomic E-state index is 6.77. The van der Waals surface area contributed by atoms with E-state index in [0.29, 0.717) is 11.6 Å². The smallest absolute Gasteiger partial charge is 0.164 e. The summed E-state index contributed by atoms with van der Waals surface area (Å²) >= 11 is 0. The molecule has 2 heterocycles. The van der Waals surface area contributed by atoms with Crippen LogP contribution < -0.4 is 0 Å². The number of nitrogens with zero attached hydrogens (tertiary/aromatic N) is 3. The zero-order valence-electron chi connectivity index (χ0n) is 29.0. The number of hydrogen-bond acceptors (Lipinski definition) is 4. The number of rotatable bonds is 4. The van der Waals surface area contributed by atoms with Gasteiger partial charge in [-0.25, -0.2) is 15.0 Å². The highest BCUT2D eigenvalue weighted by molar-refractivity contribution is 6.16. The molecule has 0 fully saturated rings. The number of allylic oxidation sites excluding steroid dienone is 2. The van der Waals surface area contributed by atoms with Crippen LogP contribution >= 0.6 is 0 Å². The van der Waals surface area contributed by atoms with Gasteiger partial charge in [-0.2, -0.15) is 0 Å². The molecule has 1 unspecified atom stereocenters. The predicted molar refractivity (Wildman–Crippen MR) is 218 cm³/mol. The zero-order chi connectivity index (χ0) is 34.9. The van der Waals surface area contributed by atoms with Crippen LogP contribution in [0, 0.1) is 0 Å². The van der Waals surface area contributed by atoms with E-state index in [-0.39, 0.29) is 5.92 Å². The lowest BCUT2D eigenvalue weighted by atomic mass is 9.89. The summed E-state index contributed by atoms with van der Waals surface area (Å²) in [6.45, 7) is 0. The molecule has 2 aliphatic carbocycles. The first-order valence-electron chi connectivity index (χ1n) is 18.4. The second-order valence-corrected chi connectivity index (χ2v) is 14.2. The van der Waals surface area contributed by atoms with E-state index in [1.807, 2.05) is 12.1 Å². The van der Waals surface area contributed by atoms with Crippen LogP contribution in [-0.4, -0.2) is 15.0 Å². The van der Waals surface area contributed by atoms with Crippen LogP contribution in [-0.2, 0) is 12.8 Å². The van der Waals surface area contributed by atoms with E-state index in [0.717, 1.165) is 69.3 Å². The Balaban J connectivity index is 1.13. The minimum Gasteiger partial charge on any atom is -0.455 e. The van der Waals surface area contributed by atoms with E-state index < -0.39 is 0 Å². The summed E-state index contributed by atoms with van der Waals surface area (Å²) in [6.07, 6.45) is 11.9. The number of para-hydroxylation sites is 1. The Morgan fingerprint density at radius 3 is 2.28 bits per heavy atom. The van der Waals surface area contributed by atoms with Crippen molar-refractivity contribution in [1.82, 2.24) is 15.0 Å². The van der Waals surface area contributed by atoms with Crippen LogP contribution in [0.2, 0.25) is 0 Å². The Labute approximate surface area is 306 Å². The largest absolute Gasteiger partial charge is 0.455 e. The van der Waals surface area contributed by atoms with Gasteiger partial charge in [0.05, 0.1) is 0 Å². The third kappa shape index (κ3) is 5.02. The first-order chi connectivity index (χ1) is 26.2. The Hall–Kier alpha value is -6.65. The molecule has 0 aliphatic heterocycles. The van der Waals surface area contributed by atoms with Gasteiger partial charge in [0.15, 0.2) is 11.6 Å². The van der Waals surface area contributed by atoms with Gasteiger partial charge in [-0.15, -0.1) is 0 Å². The molecule has 53 heavy (non-hydrogen) atoms. The van der Waals surface area contributed by atoms with Gasteiger partial charge in [-0.1, -0.05) is 127 Å². The first-order valence-corrected chi connectivity index (χ1v) is 18.4. The van der Waals surface area contributed by atoms with Crippen LogP contribution in [0.5, 0.6) is 0 Å². The number of aromatic nitrogens is 3. The van der Waals surface area contributed by atoms with Gasteiger partial charge in [0.2, 0.25) is 0 Å². The van der Waals surface area contributed by atoms with Crippen LogP contribution in [0.1, 0.15) is 40.4 Å². The molecule has 0 N–H and O–H groups in total. The van der Waals surface area contributed by atoms with E-state index in [1.54, 1.807) is 0 Å². The SMILES string of the molecule is C1=Cc2cc(-c3nc(-c4ccc(-c5ccc6ccc7ccccc7c6c5)c5oc6ccccc6c45)nc(C4C=Cc5ccccc5C4)n3)ccc2CC1. The molecule has 0 amide bonds. The molecule has 4 heteroatoms. The Kier molecular flexibility index (Phi) is 6.78. The summed E-state index contributed by atoms with van der Waals surface area (Å²) in [6, 6.07) is 47.6. The lowest BCUT2D eigenvalue weighted by molar-refractivity contribution is 0.670. The van der Waals surface area contributed by atoms with E-state index in [2.05, 4.69) is 146 Å². The van der Waals surface area contributed by atoms with Gasteiger partial charge in [0.1, 0.15) is 17.0 Å². The summed E-state index contributed by atoms with van der Waals surface area (Å²) in [5.41, 5.74) is 10.9. The van der Waals surface area contributed by atoms with Crippen molar-refractivity contribution in [3.8, 4) is 33.9 Å². The standard InChI is InChI=1S/C49H33N3O/c1-3-12-34-27-37(23-17-30(34)9-1)47-50-48(38-24-18-31-10-2-4-13-35(31)28-38)52-49(51-47)42-26-25-40(46-45(42)41-15-7-8-16-44(41)53-46)36-22-21-33-20-19-32-11-5-6-14-39(32)43(33)29-36/h1,3-9,11-26,28-29,37H,2,10,27H2. The molecule has 4 nitrogen and oxygen atoms in total. The number of aryl methyl sites for hydroxylation is 1. The van der Waals surface area contributed by atoms with Crippen molar-refractivity contribution in [2.24, 2.45) is 0 Å². The molecular weight excluding hydrogens is 647 g/mol. The maximum absolute atomic E-state index is 6.77. The fourth-order valence-electron chi connectivity index (χ4n) is 8.37. The molecule has 2 aliphatic rings. The summed E-state index contributed by atoms with van der Waals surface area (Å²) < 4.78 is 6.77. The van der Waals surface area contributed by atoms with Crippen molar-refractivity contribution in [3.63, 3.8) is 0 Å². The lowest BCUT2D eigenvalue weighted by Gasteiger charge is -2.20. The van der Waals surface area contributed by atoms with Gasteiger partial charge < -0.3 is 4.42 Å². The number of furan rings is 1. The van der Waals surface area contributed by atoms with Crippen LogP contribution in [0.3, 0.4) is 0 Å². The van der Waals surface area contributed by atoms with Crippen molar-refractivity contribution in [2.75, 3.05) is 0 Å². The number of benzene rings is 7. The lowest BCUT2D eigenvalue weighted by Crippen LogP contribution is -2.12. The molecule has 0 radical (unpaired) electrons. The van der Waals surface area contributed by atoms with Gasteiger partial charge in [0, 0.05) is 33.4 Å². The summed E-state index contributed by atoms with van der Waals surface area (Å²) in [5.74, 6) is 2.13.